The van der Waals surface area contributed by atoms with Gasteiger partial charge in [-0.2, -0.15) is 0 Å². The first-order chi connectivity index (χ1) is 12.0. The Bertz CT molecular complexity index is 542. The molecule has 4 aliphatic rings. The number of carbonyl (C=O) groups is 2. The molecule has 0 bridgehead atoms. The number of piperidine rings is 1. The molecule has 1 spiro atoms. The lowest BCUT2D eigenvalue weighted by atomic mass is 9.62. The van der Waals surface area contributed by atoms with Gasteiger partial charge in [0, 0.05) is 44.1 Å². The van der Waals surface area contributed by atoms with Gasteiger partial charge in [-0.3, -0.25) is 9.69 Å². The van der Waals surface area contributed by atoms with Crippen molar-refractivity contribution >= 4 is 12.0 Å². The minimum absolute atomic E-state index is 0.227. The highest BCUT2D eigenvalue weighted by molar-refractivity contribution is 5.74. The normalized spacial score (nSPS) is 33.5. The summed E-state index contributed by atoms with van der Waals surface area (Å²) in [5.41, 5.74) is 0.227. The summed E-state index contributed by atoms with van der Waals surface area (Å²) in [5.74, 6) is 0.874. The highest BCUT2D eigenvalue weighted by atomic mass is 16.4. The molecule has 0 aromatic heterocycles. The summed E-state index contributed by atoms with van der Waals surface area (Å²) in [4.78, 5) is 29.4. The van der Waals surface area contributed by atoms with E-state index in [1.807, 2.05) is 0 Å². The topological polar surface area (TPSA) is 64.1 Å². The Kier molecular flexibility index (Phi) is 4.42. The van der Waals surface area contributed by atoms with Crippen molar-refractivity contribution in [1.29, 1.82) is 0 Å². The molecule has 2 atom stereocenters. The van der Waals surface area contributed by atoms with Gasteiger partial charge in [-0.1, -0.05) is 0 Å². The fourth-order valence-electron chi connectivity index (χ4n) is 5.43. The molecule has 0 radical (unpaired) electrons. The molecule has 0 aromatic rings. The quantitative estimate of drug-likeness (QED) is 0.845. The van der Waals surface area contributed by atoms with Gasteiger partial charge in [0.05, 0.1) is 0 Å². The Balaban J connectivity index is 1.29. The van der Waals surface area contributed by atoms with Crippen molar-refractivity contribution in [2.24, 2.45) is 11.3 Å². The predicted molar refractivity (Wildman–Crippen MR) is 94.4 cm³/mol. The van der Waals surface area contributed by atoms with Gasteiger partial charge in [0.2, 0.25) is 5.91 Å². The van der Waals surface area contributed by atoms with Crippen molar-refractivity contribution in [3.63, 3.8) is 0 Å². The van der Waals surface area contributed by atoms with Gasteiger partial charge in [0.15, 0.2) is 0 Å². The lowest BCUT2D eigenvalue weighted by Crippen LogP contribution is -2.58. The highest BCUT2D eigenvalue weighted by Gasteiger charge is 2.54. The van der Waals surface area contributed by atoms with Crippen LogP contribution in [0.5, 0.6) is 0 Å². The Morgan fingerprint density at radius 2 is 1.80 bits per heavy atom. The highest BCUT2D eigenvalue weighted by Crippen LogP contribution is 2.51. The van der Waals surface area contributed by atoms with Crippen molar-refractivity contribution in [3.8, 4) is 0 Å². The van der Waals surface area contributed by atoms with Gasteiger partial charge in [-0.15, -0.1) is 0 Å². The van der Waals surface area contributed by atoms with Crippen molar-refractivity contribution in [2.45, 2.75) is 64.0 Å². The number of hydrogen-bond donors (Lipinski definition) is 1. The summed E-state index contributed by atoms with van der Waals surface area (Å²) in [6.45, 7) is 6.31. The Labute approximate surface area is 150 Å². The minimum Gasteiger partial charge on any atom is -0.465 e. The largest absolute Gasteiger partial charge is 0.465 e. The average molecular weight is 349 g/mol. The molecule has 25 heavy (non-hydrogen) atoms. The van der Waals surface area contributed by atoms with E-state index in [9.17, 15) is 14.7 Å². The van der Waals surface area contributed by atoms with Gasteiger partial charge >= 0.3 is 6.09 Å². The van der Waals surface area contributed by atoms with E-state index in [0.717, 1.165) is 32.6 Å². The second-order valence-electron chi connectivity index (χ2n) is 8.75. The number of nitrogens with zero attached hydrogens (tertiary/aromatic N) is 3. The number of hydrogen-bond acceptors (Lipinski definition) is 3. The lowest BCUT2D eigenvalue weighted by molar-refractivity contribution is -0.130. The van der Waals surface area contributed by atoms with Crippen LogP contribution in [0.2, 0.25) is 0 Å². The van der Waals surface area contributed by atoms with Crippen LogP contribution < -0.4 is 0 Å². The fraction of sp³-hybridized carbons (Fsp3) is 0.895. The zero-order valence-electron chi connectivity index (χ0n) is 15.3. The first kappa shape index (κ1) is 17.1. The molecule has 1 N–H and O–H groups in total. The maximum absolute atomic E-state index is 11.8. The average Bonchev–Trinajstić information content (AvgIpc) is 3.28. The van der Waals surface area contributed by atoms with E-state index in [2.05, 4.69) is 9.80 Å². The molecule has 2 amide bonds. The summed E-state index contributed by atoms with van der Waals surface area (Å²) in [6.07, 6.45) is 7.39. The molecule has 2 saturated heterocycles. The monoisotopic (exact) mass is 349 g/mol. The van der Waals surface area contributed by atoms with Crippen molar-refractivity contribution < 1.29 is 14.7 Å². The fourth-order valence-corrected chi connectivity index (χ4v) is 5.43. The van der Waals surface area contributed by atoms with Gasteiger partial charge in [-0.25, -0.2) is 4.79 Å². The molecule has 2 aliphatic heterocycles. The van der Waals surface area contributed by atoms with E-state index in [0.29, 0.717) is 24.5 Å². The Hall–Kier alpha value is -1.30. The van der Waals surface area contributed by atoms with E-state index in [-0.39, 0.29) is 11.3 Å². The minimum atomic E-state index is -0.759. The maximum Gasteiger partial charge on any atom is 0.407 e. The van der Waals surface area contributed by atoms with Crippen LogP contribution in [-0.2, 0) is 4.79 Å². The first-order valence-corrected chi connectivity index (χ1v) is 9.98. The molecule has 4 fully saturated rings. The molecular weight excluding hydrogens is 318 g/mol. The van der Waals surface area contributed by atoms with Crippen molar-refractivity contribution in [1.82, 2.24) is 14.7 Å². The lowest BCUT2D eigenvalue weighted by Gasteiger charge is -2.54. The summed E-state index contributed by atoms with van der Waals surface area (Å²) >= 11 is 0. The van der Waals surface area contributed by atoms with Crippen LogP contribution in [0.3, 0.4) is 0 Å². The second-order valence-corrected chi connectivity index (χ2v) is 8.75. The van der Waals surface area contributed by atoms with Gasteiger partial charge in [0.1, 0.15) is 0 Å². The molecular formula is C19H31N3O3. The summed E-state index contributed by atoms with van der Waals surface area (Å²) in [7, 11) is 0. The molecule has 140 valence electrons. The van der Waals surface area contributed by atoms with Crippen LogP contribution in [-0.4, -0.2) is 76.6 Å². The van der Waals surface area contributed by atoms with Gasteiger partial charge < -0.3 is 14.9 Å². The molecule has 4 rings (SSSR count). The molecule has 6 heteroatoms. The molecule has 2 aliphatic carbocycles. The number of carbonyl (C=O) groups excluding carboxylic acids is 1. The first-order valence-electron chi connectivity index (χ1n) is 9.98. The predicted octanol–water partition coefficient (Wildman–Crippen LogP) is 2.24. The maximum atomic E-state index is 11.8. The Morgan fingerprint density at radius 3 is 2.28 bits per heavy atom. The number of carboxylic acid groups (broad SMARTS) is 1. The van der Waals surface area contributed by atoms with Crippen LogP contribution in [0.4, 0.5) is 4.79 Å². The molecule has 6 nitrogen and oxygen atoms in total. The van der Waals surface area contributed by atoms with E-state index < -0.39 is 6.09 Å². The third kappa shape index (κ3) is 3.25. The van der Waals surface area contributed by atoms with E-state index >= 15 is 0 Å². The third-order valence-electron chi connectivity index (χ3n) is 7.22. The summed E-state index contributed by atoms with van der Waals surface area (Å²) in [5, 5.41) is 9.26. The third-order valence-corrected chi connectivity index (χ3v) is 7.22. The molecule has 2 heterocycles. The number of amides is 2. The van der Waals surface area contributed by atoms with Crippen LogP contribution in [0.1, 0.15) is 51.9 Å². The van der Waals surface area contributed by atoms with Crippen LogP contribution in [0.25, 0.3) is 0 Å². The smallest absolute Gasteiger partial charge is 0.407 e. The van der Waals surface area contributed by atoms with E-state index in [4.69, 9.17) is 0 Å². The SMILES string of the molecule is CC(=O)N(CC1CCN(C2CCC23CCN(C(=O)O)C3)CC1)C1CC1. The van der Waals surface area contributed by atoms with Crippen LogP contribution in [0.15, 0.2) is 0 Å². The van der Waals surface area contributed by atoms with E-state index in [1.165, 1.54) is 38.5 Å². The number of likely N-dealkylation sites (tertiary alicyclic amines) is 2. The Morgan fingerprint density at radius 1 is 1.08 bits per heavy atom. The second kappa shape index (κ2) is 6.45. The zero-order chi connectivity index (χ0) is 17.6. The van der Waals surface area contributed by atoms with Crippen molar-refractivity contribution in [3.05, 3.63) is 0 Å². The summed E-state index contributed by atoms with van der Waals surface area (Å²) in [6, 6.07) is 1.09. The van der Waals surface area contributed by atoms with Crippen molar-refractivity contribution in [2.75, 3.05) is 32.7 Å². The van der Waals surface area contributed by atoms with Gasteiger partial charge in [0.25, 0.3) is 0 Å². The molecule has 0 aromatic carbocycles. The zero-order valence-corrected chi connectivity index (χ0v) is 15.3. The standard InChI is InChI=1S/C19H31N3O3/c1-14(23)22(16-2-3-16)12-15-5-9-20(10-6-15)17-4-7-19(17)8-11-21(13-19)18(24)25/h15-17H,2-13H2,1H3,(H,24,25). The molecule has 2 saturated carbocycles. The van der Waals surface area contributed by atoms with E-state index in [1.54, 1.807) is 11.8 Å². The number of rotatable bonds is 4. The van der Waals surface area contributed by atoms with Gasteiger partial charge in [-0.05, 0) is 64.0 Å². The molecule has 2 unspecified atom stereocenters. The van der Waals surface area contributed by atoms with Crippen LogP contribution >= 0.6 is 0 Å². The summed E-state index contributed by atoms with van der Waals surface area (Å²) < 4.78 is 0. The van der Waals surface area contributed by atoms with Crippen LogP contribution in [0, 0.1) is 11.3 Å².